The number of aliphatic hydroxyl groups is 4. The Morgan fingerprint density at radius 3 is 1.72 bits per heavy atom. The van der Waals surface area contributed by atoms with Gasteiger partial charge in [-0.1, -0.05) is 129 Å². The molecule has 6 unspecified atom stereocenters. The van der Waals surface area contributed by atoms with E-state index >= 15 is 0 Å². The van der Waals surface area contributed by atoms with E-state index in [-0.39, 0.29) is 19.2 Å². The molecule has 9 nitrogen and oxygen atoms in total. The smallest absolute Gasteiger partial charge is 0.306 e. The van der Waals surface area contributed by atoms with Crippen LogP contribution in [0.15, 0.2) is 12.2 Å². The molecule has 0 aliphatic carbocycles. The van der Waals surface area contributed by atoms with Crippen LogP contribution in [0.2, 0.25) is 0 Å². The van der Waals surface area contributed by atoms with E-state index in [1.165, 1.54) is 109 Å². The highest BCUT2D eigenvalue weighted by Gasteiger charge is 2.44. The van der Waals surface area contributed by atoms with Gasteiger partial charge in [0.15, 0.2) is 6.29 Å². The highest BCUT2D eigenvalue weighted by molar-refractivity contribution is 5.69. The van der Waals surface area contributed by atoms with Crippen LogP contribution >= 0.6 is 0 Å². The van der Waals surface area contributed by atoms with Gasteiger partial charge in [-0.2, -0.15) is 0 Å². The molecule has 1 saturated heterocycles. The second kappa shape index (κ2) is 30.9. The molecule has 0 radical (unpaired) electrons. The largest absolute Gasteiger partial charge is 0.457 e. The van der Waals surface area contributed by atoms with Crippen molar-refractivity contribution in [2.75, 3.05) is 26.4 Å². The lowest BCUT2D eigenvalue weighted by Crippen LogP contribution is -2.59. The summed E-state index contributed by atoms with van der Waals surface area (Å²) in [7, 11) is 0. The molecule has 0 aromatic rings. The van der Waals surface area contributed by atoms with Crippen LogP contribution in [0.5, 0.6) is 0 Å². The Bertz CT molecular complexity index is 732. The number of unbranched alkanes of at least 4 members (excludes halogenated alkanes) is 19. The Labute approximate surface area is 286 Å². The van der Waals surface area contributed by atoms with Crippen LogP contribution in [0.1, 0.15) is 162 Å². The van der Waals surface area contributed by atoms with Gasteiger partial charge in [-0.05, 0) is 38.5 Å². The molecule has 1 aliphatic heterocycles. The standard InChI is InChI=1S/C38H72O9/c1-3-5-7-9-11-12-13-14-15-16-17-18-19-20-21-22-23-25-27-34(40)46-32(30-44-28-26-24-10-8-6-4-2)31-45-38-37(43)36(42)35(41)33(29-39)47-38/h15-16,32-33,35-39,41-43H,3-14,17-31H2,1-2H3/b16-15-. The van der Waals surface area contributed by atoms with E-state index in [9.17, 15) is 25.2 Å². The Morgan fingerprint density at radius 1 is 0.660 bits per heavy atom. The molecule has 1 aliphatic rings. The number of carbonyl (C=O) groups excluding carboxylic acids is 1. The van der Waals surface area contributed by atoms with Gasteiger partial charge in [-0.25, -0.2) is 0 Å². The van der Waals surface area contributed by atoms with Crippen molar-refractivity contribution in [3.8, 4) is 0 Å². The van der Waals surface area contributed by atoms with Crippen LogP contribution in [-0.2, 0) is 23.7 Å². The fraction of sp³-hybridized carbons (Fsp3) is 0.921. The summed E-state index contributed by atoms with van der Waals surface area (Å²) >= 11 is 0. The quantitative estimate of drug-likeness (QED) is 0.0330. The zero-order valence-corrected chi connectivity index (χ0v) is 30.0. The lowest BCUT2D eigenvalue weighted by Gasteiger charge is -2.39. The van der Waals surface area contributed by atoms with E-state index in [0.29, 0.717) is 13.0 Å². The minimum Gasteiger partial charge on any atom is -0.457 e. The van der Waals surface area contributed by atoms with Gasteiger partial charge in [0.05, 0.1) is 19.8 Å². The SMILES string of the molecule is CCCCCCCCC/C=C\CCCCCCCCCC(=O)OC(COCCCCCCCC)COC1OC(CO)C(O)C(O)C1O. The molecule has 0 bridgehead atoms. The Morgan fingerprint density at radius 2 is 1.17 bits per heavy atom. The van der Waals surface area contributed by atoms with Gasteiger partial charge < -0.3 is 39.4 Å². The van der Waals surface area contributed by atoms with Gasteiger partial charge in [0, 0.05) is 13.0 Å². The monoisotopic (exact) mass is 673 g/mol. The van der Waals surface area contributed by atoms with Crippen molar-refractivity contribution in [2.24, 2.45) is 0 Å². The summed E-state index contributed by atoms with van der Waals surface area (Å²) < 4.78 is 22.6. The maximum absolute atomic E-state index is 12.6. The van der Waals surface area contributed by atoms with Crippen molar-refractivity contribution >= 4 is 5.97 Å². The molecule has 9 heteroatoms. The molecule has 1 rings (SSSR count). The summed E-state index contributed by atoms with van der Waals surface area (Å²) in [6, 6.07) is 0. The molecule has 1 heterocycles. The van der Waals surface area contributed by atoms with Crippen LogP contribution in [-0.4, -0.2) is 89.6 Å². The van der Waals surface area contributed by atoms with E-state index in [1.54, 1.807) is 0 Å². The zero-order valence-electron chi connectivity index (χ0n) is 30.0. The van der Waals surface area contributed by atoms with Crippen molar-refractivity contribution in [3.05, 3.63) is 12.2 Å². The molecule has 278 valence electrons. The average molecular weight is 673 g/mol. The summed E-state index contributed by atoms with van der Waals surface area (Å²) in [5.74, 6) is -0.321. The second-order valence-corrected chi connectivity index (χ2v) is 13.4. The predicted molar refractivity (Wildman–Crippen MR) is 187 cm³/mol. The van der Waals surface area contributed by atoms with E-state index < -0.39 is 43.4 Å². The molecule has 0 aromatic carbocycles. The minimum absolute atomic E-state index is 0.112. The number of ether oxygens (including phenoxy) is 4. The molecule has 0 amide bonds. The number of carbonyl (C=O) groups is 1. The minimum atomic E-state index is -1.53. The summed E-state index contributed by atoms with van der Waals surface area (Å²) in [4.78, 5) is 12.6. The Hall–Kier alpha value is -1.07. The first-order chi connectivity index (χ1) is 22.9. The van der Waals surface area contributed by atoms with Crippen molar-refractivity contribution in [2.45, 2.75) is 198 Å². The number of hydrogen-bond donors (Lipinski definition) is 4. The van der Waals surface area contributed by atoms with Crippen LogP contribution in [0.4, 0.5) is 0 Å². The van der Waals surface area contributed by atoms with Crippen molar-refractivity contribution in [1.29, 1.82) is 0 Å². The first-order valence-electron chi connectivity index (χ1n) is 19.3. The summed E-state index contributed by atoms with van der Waals surface area (Å²) in [5.41, 5.74) is 0. The first kappa shape index (κ1) is 44.0. The van der Waals surface area contributed by atoms with Crippen molar-refractivity contribution < 1.29 is 44.2 Å². The molecule has 6 atom stereocenters. The third kappa shape index (κ3) is 23.1. The van der Waals surface area contributed by atoms with Gasteiger partial charge in [0.1, 0.15) is 30.5 Å². The molecule has 47 heavy (non-hydrogen) atoms. The molecule has 0 spiro atoms. The molecular weight excluding hydrogens is 600 g/mol. The van der Waals surface area contributed by atoms with Crippen LogP contribution in [0, 0.1) is 0 Å². The number of aliphatic hydroxyl groups excluding tert-OH is 4. The molecular formula is C38H72O9. The number of esters is 1. The Balaban J connectivity index is 2.24. The van der Waals surface area contributed by atoms with Gasteiger partial charge in [0.2, 0.25) is 0 Å². The fourth-order valence-corrected chi connectivity index (χ4v) is 5.84. The third-order valence-corrected chi connectivity index (χ3v) is 8.93. The average Bonchev–Trinajstić information content (AvgIpc) is 3.07. The van der Waals surface area contributed by atoms with Crippen molar-refractivity contribution in [3.63, 3.8) is 0 Å². The third-order valence-electron chi connectivity index (χ3n) is 8.93. The summed E-state index contributed by atoms with van der Waals surface area (Å²) in [6.45, 7) is 4.50. The molecule has 0 saturated carbocycles. The summed E-state index contributed by atoms with van der Waals surface area (Å²) in [5, 5.41) is 39.8. The fourth-order valence-electron chi connectivity index (χ4n) is 5.84. The molecule has 0 aromatic heterocycles. The van der Waals surface area contributed by atoms with E-state index in [1.807, 2.05) is 0 Å². The van der Waals surface area contributed by atoms with E-state index in [0.717, 1.165) is 32.1 Å². The van der Waals surface area contributed by atoms with Gasteiger partial charge in [-0.3, -0.25) is 4.79 Å². The highest BCUT2D eigenvalue weighted by Crippen LogP contribution is 2.22. The number of hydrogen-bond acceptors (Lipinski definition) is 9. The second-order valence-electron chi connectivity index (χ2n) is 13.4. The molecule has 1 fully saturated rings. The van der Waals surface area contributed by atoms with Crippen LogP contribution < -0.4 is 0 Å². The van der Waals surface area contributed by atoms with Gasteiger partial charge in [-0.15, -0.1) is 0 Å². The van der Waals surface area contributed by atoms with Crippen molar-refractivity contribution in [1.82, 2.24) is 0 Å². The number of allylic oxidation sites excluding steroid dienone is 2. The van der Waals surface area contributed by atoms with Gasteiger partial charge in [0.25, 0.3) is 0 Å². The normalized spacial score (nSPS) is 22.2. The first-order valence-corrected chi connectivity index (χ1v) is 19.3. The van der Waals surface area contributed by atoms with E-state index in [2.05, 4.69) is 26.0 Å². The van der Waals surface area contributed by atoms with E-state index in [4.69, 9.17) is 18.9 Å². The Kier molecular flexibility index (Phi) is 28.9. The topological polar surface area (TPSA) is 135 Å². The van der Waals surface area contributed by atoms with Gasteiger partial charge >= 0.3 is 5.97 Å². The summed E-state index contributed by atoms with van der Waals surface area (Å²) in [6.07, 6.45) is 24.0. The maximum Gasteiger partial charge on any atom is 0.306 e. The lowest BCUT2D eigenvalue weighted by atomic mass is 9.99. The maximum atomic E-state index is 12.6. The molecule has 4 N–H and O–H groups in total. The lowest BCUT2D eigenvalue weighted by molar-refractivity contribution is -0.305. The zero-order chi connectivity index (χ0) is 34.4. The van der Waals surface area contributed by atoms with Crippen LogP contribution in [0.3, 0.4) is 0 Å². The number of rotatable bonds is 32. The highest BCUT2D eigenvalue weighted by atomic mass is 16.7. The predicted octanol–water partition coefficient (Wildman–Crippen LogP) is 7.30. The van der Waals surface area contributed by atoms with Crippen LogP contribution in [0.25, 0.3) is 0 Å².